The zero-order chi connectivity index (χ0) is 23.9. The van der Waals surface area contributed by atoms with Crippen LogP contribution in [0.1, 0.15) is 38.1 Å². The molecule has 32 heavy (non-hydrogen) atoms. The normalized spacial score (nSPS) is 15.9. The van der Waals surface area contributed by atoms with E-state index in [4.69, 9.17) is 9.47 Å². The number of hydrogen-bond acceptors (Lipinski definition) is 7. The second kappa shape index (κ2) is 11.4. The molecule has 0 aromatic heterocycles. The molecule has 0 aliphatic carbocycles. The summed E-state index contributed by atoms with van der Waals surface area (Å²) in [6, 6.07) is 4.53. The standard InChI is InChI=1S/C21H31N3O7S/c1-14(2)19(21(27)31-13-18(25)22-15(3)4)23-20(26)16-6-5-7-17(12-16)32(28,29)24-8-10-30-11-9-24/h5-7,12,14-15,19H,8-11,13H2,1-4H3,(H,22,25)(H,23,26)/t19-/m1/s1. The first-order valence-electron chi connectivity index (χ1n) is 10.5. The lowest BCUT2D eigenvalue weighted by Crippen LogP contribution is -2.46. The second-order valence-electron chi connectivity index (χ2n) is 8.07. The molecule has 1 fully saturated rings. The smallest absolute Gasteiger partial charge is 0.329 e. The highest BCUT2D eigenvalue weighted by Crippen LogP contribution is 2.19. The van der Waals surface area contributed by atoms with Gasteiger partial charge in [0.2, 0.25) is 10.0 Å². The van der Waals surface area contributed by atoms with E-state index in [1.54, 1.807) is 27.7 Å². The predicted octanol–water partition coefficient (Wildman–Crippen LogP) is 0.530. The summed E-state index contributed by atoms with van der Waals surface area (Å²) >= 11 is 0. The highest BCUT2D eigenvalue weighted by atomic mass is 32.2. The molecule has 2 amide bonds. The van der Waals surface area contributed by atoms with E-state index in [1.165, 1.54) is 28.6 Å². The predicted molar refractivity (Wildman–Crippen MR) is 116 cm³/mol. The van der Waals surface area contributed by atoms with Crippen LogP contribution in [0, 0.1) is 5.92 Å². The van der Waals surface area contributed by atoms with Crippen molar-refractivity contribution in [3.63, 3.8) is 0 Å². The number of carbonyl (C=O) groups excluding carboxylic acids is 3. The van der Waals surface area contributed by atoms with Crippen LogP contribution >= 0.6 is 0 Å². The third kappa shape index (κ3) is 7.01. The molecule has 0 spiro atoms. The molecule has 2 N–H and O–H groups in total. The Bertz CT molecular complexity index is 925. The zero-order valence-electron chi connectivity index (χ0n) is 18.8. The van der Waals surface area contributed by atoms with E-state index in [2.05, 4.69) is 10.6 Å². The largest absolute Gasteiger partial charge is 0.454 e. The fourth-order valence-electron chi connectivity index (χ4n) is 3.05. The summed E-state index contributed by atoms with van der Waals surface area (Å²) in [6.45, 7) is 7.66. The van der Waals surface area contributed by atoms with Gasteiger partial charge >= 0.3 is 5.97 Å². The van der Waals surface area contributed by atoms with E-state index in [9.17, 15) is 22.8 Å². The first kappa shape index (κ1) is 25.8. The van der Waals surface area contributed by atoms with Crippen molar-refractivity contribution in [3.8, 4) is 0 Å². The monoisotopic (exact) mass is 469 g/mol. The number of carbonyl (C=O) groups is 3. The van der Waals surface area contributed by atoms with Crippen molar-refractivity contribution in [1.29, 1.82) is 0 Å². The van der Waals surface area contributed by atoms with E-state index < -0.39 is 40.5 Å². The van der Waals surface area contributed by atoms with E-state index in [-0.39, 0.29) is 35.5 Å². The Morgan fingerprint density at radius 3 is 2.34 bits per heavy atom. The first-order chi connectivity index (χ1) is 15.0. The Morgan fingerprint density at radius 2 is 1.75 bits per heavy atom. The van der Waals surface area contributed by atoms with E-state index in [1.807, 2.05) is 0 Å². The quantitative estimate of drug-likeness (QED) is 0.504. The van der Waals surface area contributed by atoms with Crippen molar-refractivity contribution in [2.24, 2.45) is 5.92 Å². The maximum atomic E-state index is 12.9. The maximum Gasteiger partial charge on any atom is 0.329 e. The lowest BCUT2D eigenvalue weighted by molar-refractivity contribution is -0.151. The van der Waals surface area contributed by atoms with Crippen LogP contribution in [0.4, 0.5) is 0 Å². The molecule has 1 aromatic rings. The van der Waals surface area contributed by atoms with Crippen LogP contribution in [0.25, 0.3) is 0 Å². The number of morpholine rings is 1. The van der Waals surface area contributed by atoms with Crippen LogP contribution in [0.15, 0.2) is 29.2 Å². The maximum absolute atomic E-state index is 12.9. The van der Waals surface area contributed by atoms with Crippen LogP contribution in [-0.2, 0) is 29.1 Å². The van der Waals surface area contributed by atoms with Crippen molar-refractivity contribution in [3.05, 3.63) is 29.8 Å². The van der Waals surface area contributed by atoms with Gasteiger partial charge in [-0.25, -0.2) is 13.2 Å². The lowest BCUT2D eigenvalue weighted by atomic mass is 10.0. The minimum atomic E-state index is -3.77. The number of ether oxygens (including phenoxy) is 2. The molecule has 0 saturated carbocycles. The third-order valence-electron chi connectivity index (χ3n) is 4.71. The average Bonchev–Trinajstić information content (AvgIpc) is 2.75. The van der Waals surface area contributed by atoms with Crippen molar-refractivity contribution in [2.75, 3.05) is 32.9 Å². The molecule has 1 atom stereocenters. The van der Waals surface area contributed by atoms with Gasteiger partial charge in [0.05, 0.1) is 18.1 Å². The van der Waals surface area contributed by atoms with Crippen LogP contribution in [0.2, 0.25) is 0 Å². The lowest BCUT2D eigenvalue weighted by Gasteiger charge is -2.26. The Balaban J connectivity index is 2.09. The van der Waals surface area contributed by atoms with Crippen molar-refractivity contribution in [2.45, 2.75) is 44.7 Å². The molecule has 1 aliphatic rings. The summed E-state index contributed by atoms with van der Waals surface area (Å²) in [6.07, 6.45) is 0. The van der Waals surface area contributed by atoms with Gasteiger partial charge < -0.3 is 20.1 Å². The van der Waals surface area contributed by atoms with E-state index in [0.29, 0.717) is 13.2 Å². The number of amides is 2. The molecular weight excluding hydrogens is 438 g/mol. The minimum absolute atomic E-state index is 0.0129. The van der Waals surface area contributed by atoms with Gasteiger partial charge in [-0.15, -0.1) is 0 Å². The Kier molecular flexibility index (Phi) is 9.17. The van der Waals surface area contributed by atoms with E-state index >= 15 is 0 Å². The van der Waals surface area contributed by atoms with Gasteiger partial charge in [-0.1, -0.05) is 19.9 Å². The second-order valence-corrected chi connectivity index (χ2v) is 10.0. The molecule has 2 rings (SSSR count). The number of sulfonamides is 1. The topological polar surface area (TPSA) is 131 Å². The summed E-state index contributed by atoms with van der Waals surface area (Å²) in [4.78, 5) is 36.9. The number of hydrogen-bond donors (Lipinski definition) is 2. The molecule has 1 aromatic carbocycles. The molecule has 11 heteroatoms. The summed E-state index contributed by atoms with van der Waals surface area (Å²) in [5, 5.41) is 5.19. The molecule has 1 saturated heterocycles. The fourth-order valence-corrected chi connectivity index (χ4v) is 4.50. The number of nitrogens with zero attached hydrogens (tertiary/aromatic N) is 1. The fraction of sp³-hybridized carbons (Fsp3) is 0.571. The Labute approximate surface area is 188 Å². The number of nitrogens with one attached hydrogen (secondary N) is 2. The Hall–Kier alpha value is -2.50. The minimum Gasteiger partial charge on any atom is -0.454 e. The molecule has 0 radical (unpaired) electrons. The average molecular weight is 470 g/mol. The van der Waals surface area contributed by atoms with Gasteiger partial charge in [0, 0.05) is 24.7 Å². The van der Waals surface area contributed by atoms with Gasteiger partial charge in [-0.05, 0) is 38.0 Å². The third-order valence-corrected chi connectivity index (χ3v) is 6.60. The first-order valence-corrected chi connectivity index (χ1v) is 11.9. The van der Waals surface area contributed by atoms with E-state index in [0.717, 1.165) is 0 Å². The number of benzene rings is 1. The SMILES string of the molecule is CC(C)NC(=O)COC(=O)[C@H](NC(=O)c1cccc(S(=O)(=O)N2CCOCC2)c1)C(C)C. The van der Waals surface area contributed by atoms with Crippen molar-refractivity contribution in [1.82, 2.24) is 14.9 Å². The van der Waals surface area contributed by atoms with Gasteiger partial charge in [0.25, 0.3) is 11.8 Å². The van der Waals surface area contributed by atoms with Gasteiger partial charge in [-0.3, -0.25) is 9.59 Å². The van der Waals surface area contributed by atoms with Crippen LogP contribution < -0.4 is 10.6 Å². The molecule has 178 valence electrons. The van der Waals surface area contributed by atoms with Crippen LogP contribution in [-0.4, -0.2) is 75.5 Å². The van der Waals surface area contributed by atoms with Gasteiger partial charge in [0.15, 0.2) is 6.61 Å². The summed E-state index contributed by atoms with van der Waals surface area (Å²) in [7, 11) is -3.77. The summed E-state index contributed by atoms with van der Waals surface area (Å²) in [5.41, 5.74) is 0.0929. The van der Waals surface area contributed by atoms with Crippen LogP contribution in [0.5, 0.6) is 0 Å². The Morgan fingerprint density at radius 1 is 1.09 bits per heavy atom. The van der Waals surface area contributed by atoms with Gasteiger partial charge in [-0.2, -0.15) is 4.31 Å². The zero-order valence-corrected chi connectivity index (χ0v) is 19.6. The summed E-state index contributed by atoms with van der Waals surface area (Å²) in [5.74, 6) is -2.13. The molecule has 1 heterocycles. The molecule has 1 aliphatic heterocycles. The summed E-state index contributed by atoms with van der Waals surface area (Å²) < 4.78 is 37.3. The number of esters is 1. The molecule has 10 nitrogen and oxygen atoms in total. The van der Waals surface area contributed by atoms with Crippen molar-refractivity contribution < 1.29 is 32.3 Å². The molecule has 0 unspecified atom stereocenters. The number of rotatable bonds is 9. The van der Waals surface area contributed by atoms with Crippen LogP contribution in [0.3, 0.4) is 0 Å². The highest BCUT2D eigenvalue weighted by molar-refractivity contribution is 7.89. The van der Waals surface area contributed by atoms with Crippen molar-refractivity contribution >= 4 is 27.8 Å². The highest BCUT2D eigenvalue weighted by Gasteiger charge is 2.29. The van der Waals surface area contributed by atoms with Gasteiger partial charge in [0.1, 0.15) is 6.04 Å². The molecular formula is C21H31N3O7S. The molecule has 0 bridgehead atoms.